The third-order valence-electron chi connectivity index (χ3n) is 5.67. The molecule has 0 spiro atoms. The fraction of sp³-hybridized carbons (Fsp3) is 0.545. The van der Waals surface area contributed by atoms with Crippen LogP contribution in [0.3, 0.4) is 0 Å². The third-order valence-corrected chi connectivity index (χ3v) is 6.90. The van der Waals surface area contributed by atoms with Crippen molar-refractivity contribution >= 4 is 23.6 Å². The van der Waals surface area contributed by atoms with Crippen LogP contribution in [0.5, 0.6) is 0 Å². The van der Waals surface area contributed by atoms with Crippen molar-refractivity contribution in [3.8, 4) is 0 Å². The van der Waals surface area contributed by atoms with Gasteiger partial charge in [0.1, 0.15) is 5.50 Å². The van der Waals surface area contributed by atoms with E-state index in [-0.39, 0.29) is 17.4 Å². The van der Waals surface area contributed by atoms with Gasteiger partial charge in [-0.25, -0.2) is 0 Å². The molecule has 0 radical (unpaired) electrons. The molecule has 3 rings (SSSR count). The Labute approximate surface area is 171 Å². The van der Waals surface area contributed by atoms with Gasteiger partial charge in [-0.1, -0.05) is 56.7 Å². The molecule has 5 nitrogen and oxygen atoms in total. The molecule has 1 aromatic carbocycles. The summed E-state index contributed by atoms with van der Waals surface area (Å²) in [6.07, 6.45) is 8.17. The van der Waals surface area contributed by atoms with Gasteiger partial charge in [0.2, 0.25) is 5.91 Å². The van der Waals surface area contributed by atoms with Crippen LogP contribution in [-0.2, 0) is 16.0 Å². The summed E-state index contributed by atoms with van der Waals surface area (Å²) in [6.45, 7) is 4.36. The van der Waals surface area contributed by atoms with Gasteiger partial charge in [-0.2, -0.15) is 0 Å². The van der Waals surface area contributed by atoms with Crippen molar-refractivity contribution < 1.29 is 14.7 Å². The third kappa shape index (κ3) is 4.97. The minimum Gasteiger partial charge on any atom is -0.481 e. The van der Waals surface area contributed by atoms with E-state index in [4.69, 9.17) is 0 Å². The lowest BCUT2D eigenvalue weighted by Gasteiger charge is -2.26. The second-order valence-corrected chi connectivity index (χ2v) is 9.20. The van der Waals surface area contributed by atoms with Crippen LogP contribution in [0, 0.1) is 11.8 Å². The Morgan fingerprint density at radius 1 is 1.18 bits per heavy atom. The molecule has 1 aromatic rings. The quantitative estimate of drug-likeness (QED) is 0.604. The highest BCUT2D eigenvalue weighted by atomic mass is 32.2. The second kappa shape index (κ2) is 9.61. The highest BCUT2D eigenvalue weighted by Gasteiger charge is 2.38. The van der Waals surface area contributed by atoms with Gasteiger partial charge in [-0.15, -0.1) is 11.8 Å². The van der Waals surface area contributed by atoms with E-state index < -0.39 is 17.8 Å². The fourth-order valence-electron chi connectivity index (χ4n) is 3.96. The number of thioether (sulfide) groups is 1. The van der Waals surface area contributed by atoms with Crippen molar-refractivity contribution in [3.63, 3.8) is 0 Å². The van der Waals surface area contributed by atoms with Crippen LogP contribution in [0.1, 0.15) is 56.7 Å². The van der Waals surface area contributed by atoms with Crippen LogP contribution in [0.2, 0.25) is 0 Å². The molecule has 1 heterocycles. The van der Waals surface area contributed by atoms with E-state index in [0.717, 1.165) is 6.42 Å². The predicted octanol–water partition coefficient (Wildman–Crippen LogP) is 3.86. The number of unbranched alkanes of at least 4 members (excludes halogenated alkanes) is 1. The summed E-state index contributed by atoms with van der Waals surface area (Å²) >= 11 is 1.68. The van der Waals surface area contributed by atoms with Gasteiger partial charge in [0.25, 0.3) is 0 Å². The predicted molar refractivity (Wildman–Crippen MR) is 113 cm³/mol. The van der Waals surface area contributed by atoms with Gasteiger partial charge in [-0.3, -0.25) is 14.9 Å². The maximum Gasteiger partial charge on any atom is 0.307 e. The number of amides is 1. The zero-order valence-corrected chi connectivity index (χ0v) is 17.4. The zero-order valence-electron chi connectivity index (χ0n) is 16.6. The molecule has 0 bridgehead atoms. The number of nitrogens with one attached hydrogen (secondary N) is 2. The molecule has 0 saturated carbocycles. The maximum atomic E-state index is 12.7. The minimum atomic E-state index is -0.897. The van der Waals surface area contributed by atoms with Crippen LogP contribution in [0.4, 0.5) is 0 Å². The monoisotopic (exact) mass is 402 g/mol. The van der Waals surface area contributed by atoms with E-state index in [1.54, 1.807) is 11.8 Å². The normalized spacial score (nSPS) is 29.6. The van der Waals surface area contributed by atoms with Crippen LogP contribution in [-0.4, -0.2) is 27.7 Å². The summed E-state index contributed by atoms with van der Waals surface area (Å²) in [5, 5.41) is 16.2. The smallest absolute Gasteiger partial charge is 0.307 e. The number of carbonyl (C=O) groups excluding carboxylic acids is 1. The van der Waals surface area contributed by atoms with Gasteiger partial charge in [0.15, 0.2) is 0 Å². The average Bonchev–Trinajstić information content (AvgIpc) is 3.06. The first-order chi connectivity index (χ1) is 13.5. The lowest BCUT2D eigenvalue weighted by molar-refractivity contribution is -0.147. The van der Waals surface area contributed by atoms with E-state index in [0.29, 0.717) is 18.1 Å². The van der Waals surface area contributed by atoms with Crippen LogP contribution in [0.15, 0.2) is 36.4 Å². The number of hydrogen-bond acceptors (Lipinski definition) is 4. The summed E-state index contributed by atoms with van der Waals surface area (Å²) in [6, 6.07) is 8.91. The van der Waals surface area contributed by atoms with E-state index in [1.807, 2.05) is 12.2 Å². The largest absolute Gasteiger partial charge is 0.481 e. The topological polar surface area (TPSA) is 78.4 Å². The van der Waals surface area contributed by atoms with Gasteiger partial charge >= 0.3 is 5.97 Å². The van der Waals surface area contributed by atoms with Gasteiger partial charge in [0.05, 0.1) is 11.8 Å². The molecule has 1 fully saturated rings. The summed E-state index contributed by atoms with van der Waals surface area (Å²) in [7, 11) is 0. The number of carbonyl (C=O) groups is 2. The number of allylic oxidation sites excluding steroid dienone is 2. The highest BCUT2D eigenvalue weighted by molar-refractivity contribution is 8.00. The van der Waals surface area contributed by atoms with Gasteiger partial charge in [0, 0.05) is 11.3 Å². The lowest BCUT2D eigenvalue weighted by Crippen LogP contribution is -2.46. The van der Waals surface area contributed by atoms with Gasteiger partial charge in [-0.05, 0) is 36.8 Å². The van der Waals surface area contributed by atoms with Crippen molar-refractivity contribution in [1.29, 1.82) is 0 Å². The SMILES string of the molecule is CCCCc1ccc(C2NC(NC(=O)C3CC=CCC3C(=O)O)SC2C)cc1. The maximum absolute atomic E-state index is 12.7. The first-order valence-corrected chi connectivity index (χ1v) is 11.1. The van der Waals surface area contributed by atoms with E-state index >= 15 is 0 Å². The highest BCUT2D eigenvalue weighted by Crippen LogP contribution is 2.36. The molecular formula is C22H30N2O3S. The Bertz CT molecular complexity index is 719. The summed E-state index contributed by atoms with van der Waals surface area (Å²) < 4.78 is 0. The average molecular weight is 403 g/mol. The van der Waals surface area contributed by atoms with Crippen molar-refractivity contribution in [2.24, 2.45) is 11.8 Å². The molecule has 1 aliphatic heterocycles. The van der Waals surface area contributed by atoms with Gasteiger partial charge < -0.3 is 10.4 Å². The molecule has 5 unspecified atom stereocenters. The number of hydrogen-bond donors (Lipinski definition) is 3. The van der Waals surface area contributed by atoms with E-state index in [2.05, 4.69) is 48.7 Å². The van der Waals surface area contributed by atoms with Crippen molar-refractivity contribution in [3.05, 3.63) is 47.5 Å². The molecule has 1 aliphatic carbocycles. The summed E-state index contributed by atoms with van der Waals surface area (Å²) in [5.41, 5.74) is 2.38. The number of rotatable bonds is 7. The fourth-order valence-corrected chi connectivity index (χ4v) is 5.19. The Kier molecular flexibility index (Phi) is 7.18. The molecule has 28 heavy (non-hydrogen) atoms. The second-order valence-electron chi connectivity index (χ2n) is 7.71. The first-order valence-electron chi connectivity index (χ1n) is 10.2. The van der Waals surface area contributed by atoms with Crippen LogP contribution in [0.25, 0.3) is 0 Å². The van der Waals surface area contributed by atoms with Crippen LogP contribution < -0.4 is 10.6 Å². The molecular weight excluding hydrogens is 372 g/mol. The molecule has 5 atom stereocenters. The van der Waals surface area contributed by atoms with Crippen molar-refractivity contribution in [2.75, 3.05) is 0 Å². The Balaban J connectivity index is 1.59. The Hall–Kier alpha value is -1.79. The number of benzene rings is 1. The van der Waals surface area contributed by atoms with Crippen LogP contribution >= 0.6 is 11.8 Å². The molecule has 6 heteroatoms. The van der Waals surface area contributed by atoms with E-state index in [9.17, 15) is 14.7 Å². The first kappa shape index (κ1) is 20.9. The van der Waals surface area contributed by atoms with Crippen molar-refractivity contribution in [2.45, 2.75) is 62.7 Å². The lowest BCUT2D eigenvalue weighted by atomic mass is 9.82. The van der Waals surface area contributed by atoms with Crippen molar-refractivity contribution in [1.82, 2.24) is 10.6 Å². The number of aliphatic carboxylic acids is 1. The molecule has 0 aromatic heterocycles. The molecule has 1 amide bonds. The molecule has 152 valence electrons. The summed E-state index contributed by atoms with van der Waals surface area (Å²) in [5.74, 6) is -2.21. The number of aryl methyl sites for hydroxylation is 1. The molecule has 3 N–H and O–H groups in total. The summed E-state index contributed by atoms with van der Waals surface area (Å²) in [4.78, 5) is 24.2. The standard InChI is InChI=1S/C22H30N2O3S/c1-3-4-7-15-10-12-16(13-11-15)19-14(2)28-22(23-19)24-20(25)17-8-5-6-9-18(17)21(26)27/h5-6,10-14,17-19,22-23H,3-4,7-9H2,1-2H3,(H,24,25)(H,26,27). The number of carboxylic acids is 1. The Morgan fingerprint density at radius 3 is 2.50 bits per heavy atom. The molecule has 2 aliphatic rings. The minimum absolute atomic E-state index is 0.164. The number of carboxylic acid groups (broad SMARTS) is 1. The molecule has 1 saturated heterocycles. The van der Waals surface area contributed by atoms with E-state index in [1.165, 1.54) is 24.0 Å². The Morgan fingerprint density at radius 2 is 1.86 bits per heavy atom. The zero-order chi connectivity index (χ0) is 20.1.